The van der Waals surface area contributed by atoms with E-state index < -0.39 is 5.97 Å². The van der Waals surface area contributed by atoms with Crippen LogP contribution in [0.25, 0.3) is 0 Å². The number of hydrogen-bond acceptors (Lipinski definition) is 5. The Morgan fingerprint density at radius 3 is 2.69 bits per heavy atom. The van der Waals surface area contributed by atoms with Gasteiger partial charge in [-0.05, 0) is 72.8 Å². The van der Waals surface area contributed by atoms with Crippen LogP contribution >= 0.6 is 0 Å². The minimum absolute atomic E-state index is 0.104. The molecule has 0 saturated carbocycles. The fourth-order valence-electron chi connectivity index (χ4n) is 4.76. The molecule has 1 aromatic heterocycles. The number of nitrogens with one attached hydrogen (secondary N) is 2. The molecule has 3 N–H and O–H groups in total. The predicted molar refractivity (Wildman–Crippen MR) is 143 cm³/mol. The van der Waals surface area contributed by atoms with Gasteiger partial charge in [-0.3, -0.25) is 4.98 Å². The lowest BCUT2D eigenvalue weighted by Gasteiger charge is -2.29. The van der Waals surface area contributed by atoms with E-state index in [1.807, 2.05) is 0 Å². The summed E-state index contributed by atoms with van der Waals surface area (Å²) in [6.07, 6.45) is 10.4. The van der Waals surface area contributed by atoms with E-state index in [1.54, 1.807) is 6.20 Å². The van der Waals surface area contributed by atoms with Crippen LogP contribution in [0.3, 0.4) is 0 Å². The van der Waals surface area contributed by atoms with Gasteiger partial charge in [-0.1, -0.05) is 44.4 Å². The fraction of sp³-hybridized carbons (Fsp3) is 0.379. The van der Waals surface area contributed by atoms with Crippen molar-refractivity contribution in [1.29, 1.82) is 0 Å². The minimum atomic E-state index is -0.955. The van der Waals surface area contributed by atoms with Crippen molar-refractivity contribution in [3.8, 4) is 0 Å². The number of pyridine rings is 1. The number of anilines is 3. The molecule has 1 atom stereocenters. The van der Waals surface area contributed by atoms with E-state index >= 15 is 0 Å². The molecule has 0 saturated heterocycles. The minimum Gasteiger partial charge on any atom is -0.478 e. The number of fused-ring (bicyclic) bond motifs is 1. The number of rotatable bonds is 11. The van der Waals surface area contributed by atoms with Gasteiger partial charge in [0.1, 0.15) is 0 Å². The van der Waals surface area contributed by atoms with Gasteiger partial charge in [-0.2, -0.15) is 0 Å². The number of benzene rings is 2. The van der Waals surface area contributed by atoms with Crippen LogP contribution in [0.1, 0.15) is 65.7 Å². The molecule has 0 spiro atoms. The summed E-state index contributed by atoms with van der Waals surface area (Å²) in [5.41, 5.74) is 7.13. The highest BCUT2D eigenvalue weighted by atomic mass is 16.4. The highest BCUT2D eigenvalue weighted by Gasteiger charge is 2.21. The Bertz CT molecular complexity index is 1130. The quantitative estimate of drug-likeness (QED) is 0.299. The molecule has 6 heteroatoms. The van der Waals surface area contributed by atoms with Gasteiger partial charge in [0.15, 0.2) is 0 Å². The highest BCUT2D eigenvalue weighted by Crippen LogP contribution is 2.31. The molecule has 2 aromatic carbocycles. The molecule has 184 valence electrons. The first-order valence-corrected chi connectivity index (χ1v) is 12.7. The van der Waals surface area contributed by atoms with Crippen molar-refractivity contribution in [2.75, 3.05) is 30.4 Å². The molecular weight excluding hydrogens is 436 g/mol. The highest BCUT2D eigenvalue weighted by molar-refractivity contribution is 5.93. The van der Waals surface area contributed by atoms with Crippen molar-refractivity contribution in [3.05, 3.63) is 83.2 Å². The molecule has 0 bridgehead atoms. The summed E-state index contributed by atoms with van der Waals surface area (Å²) in [5.74, 6) is -0.955. The summed E-state index contributed by atoms with van der Waals surface area (Å²) < 4.78 is 0. The lowest BCUT2D eigenvalue weighted by atomic mass is 9.93. The predicted octanol–water partition coefficient (Wildman–Crippen LogP) is 5.97. The number of hydrogen-bond donors (Lipinski definition) is 3. The SMILES string of the molecule is CCCCCCc1ccc(N(C)c2ccc3c(c2)CCN[C@H]3CNc2cnccc2C(=O)O)cc1. The van der Waals surface area contributed by atoms with Gasteiger partial charge in [-0.25, -0.2) is 4.79 Å². The van der Waals surface area contributed by atoms with E-state index in [9.17, 15) is 9.90 Å². The van der Waals surface area contributed by atoms with Crippen LogP contribution in [0, 0.1) is 0 Å². The first kappa shape index (κ1) is 24.7. The van der Waals surface area contributed by atoms with E-state index in [0.717, 1.165) is 19.4 Å². The zero-order chi connectivity index (χ0) is 24.6. The maximum Gasteiger partial charge on any atom is 0.337 e. The zero-order valence-corrected chi connectivity index (χ0v) is 20.8. The molecule has 0 aliphatic carbocycles. The molecule has 3 aromatic rings. The lowest BCUT2D eigenvalue weighted by molar-refractivity contribution is 0.0697. The molecule has 1 aliphatic rings. The Hall–Kier alpha value is -3.38. The average Bonchev–Trinajstić information content (AvgIpc) is 2.89. The summed E-state index contributed by atoms with van der Waals surface area (Å²) in [4.78, 5) is 17.8. The van der Waals surface area contributed by atoms with E-state index in [4.69, 9.17) is 0 Å². The van der Waals surface area contributed by atoms with Gasteiger partial charge in [0.05, 0.1) is 17.4 Å². The average molecular weight is 473 g/mol. The van der Waals surface area contributed by atoms with Gasteiger partial charge in [-0.15, -0.1) is 0 Å². The standard InChI is InChI=1S/C29H36N4O2/c1-3-4-5-6-7-21-8-10-23(11-9-21)33(2)24-12-13-25-22(18-24)14-17-31-28(25)20-32-27-19-30-16-15-26(27)29(34)35/h8-13,15-16,18-19,28,31-32H,3-7,14,17,20H2,1-2H3,(H,34,35)/t28-/m0/s1. The van der Waals surface area contributed by atoms with E-state index in [-0.39, 0.29) is 11.6 Å². The topological polar surface area (TPSA) is 77.5 Å². The fourth-order valence-corrected chi connectivity index (χ4v) is 4.76. The molecule has 0 amide bonds. The van der Waals surface area contributed by atoms with E-state index in [2.05, 4.69) is 77.0 Å². The Kier molecular flexibility index (Phi) is 8.37. The molecule has 2 heterocycles. The monoisotopic (exact) mass is 472 g/mol. The molecule has 0 radical (unpaired) electrons. The van der Waals surface area contributed by atoms with Crippen LogP contribution in [-0.2, 0) is 12.8 Å². The van der Waals surface area contributed by atoms with Crippen molar-refractivity contribution < 1.29 is 9.90 Å². The number of carboxylic acid groups (broad SMARTS) is 1. The second kappa shape index (κ2) is 11.8. The van der Waals surface area contributed by atoms with Crippen LogP contribution < -0.4 is 15.5 Å². The molecule has 0 fully saturated rings. The van der Waals surface area contributed by atoms with Gasteiger partial charge in [0, 0.05) is 37.2 Å². The Balaban J connectivity index is 1.42. The van der Waals surface area contributed by atoms with Crippen LogP contribution in [0.2, 0.25) is 0 Å². The van der Waals surface area contributed by atoms with Crippen LogP contribution in [0.15, 0.2) is 60.9 Å². The number of unbranched alkanes of at least 4 members (excludes halogenated alkanes) is 3. The van der Waals surface area contributed by atoms with E-state index in [0.29, 0.717) is 12.2 Å². The molecular formula is C29H36N4O2. The van der Waals surface area contributed by atoms with Gasteiger partial charge >= 0.3 is 5.97 Å². The first-order chi connectivity index (χ1) is 17.1. The second-order valence-corrected chi connectivity index (χ2v) is 9.28. The largest absolute Gasteiger partial charge is 0.478 e. The van der Waals surface area contributed by atoms with Crippen molar-refractivity contribution >= 4 is 23.0 Å². The first-order valence-electron chi connectivity index (χ1n) is 12.7. The molecule has 1 aliphatic heterocycles. The maximum atomic E-state index is 11.5. The molecule has 0 unspecified atom stereocenters. The third-order valence-electron chi connectivity index (χ3n) is 6.87. The van der Waals surface area contributed by atoms with Gasteiger partial charge < -0.3 is 20.6 Å². The summed E-state index contributed by atoms with van der Waals surface area (Å²) >= 11 is 0. The van der Waals surface area contributed by atoms with Crippen LogP contribution in [0.5, 0.6) is 0 Å². The van der Waals surface area contributed by atoms with Crippen molar-refractivity contribution in [3.63, 3.8) is 0 Å². The number of aryl methyl sites for hydroxylation is 1. The number of carboxylic acids is 1. The Labute approximate surface area is 208 Å². The normalized spacial score (nSPS) is 14.9. The summed E-state index contributed by atoms with van der Waals surface area (Å²) in [7, 11) is 2.12. The second-order valence-electron chi connectivity index (χ2n) is 9.28. The molecule has 35 heavy (non-hydrogen) atoms. The van der Waals surface area contributed by atoms with Crippen LogP contribution in [-0.4, -0.2) is 36.2 Å². The van der Waals surface area contributed by atoms with Crippen LogP contribution in [0.4, 0.5) is 17.1 Å². The summed E-state index contributed by atoms with van der Waals surface area (Å²) in [6.45, 7) is 3.73. The zero-order valence-electron chi connectivity index (χ0n) is 20.8. The lowest BCUT2D eigenvalue weighted by Crippen LogP contribution is -2.34. The van der Waals surface area contributed by atoms with Crippen molar-refractivity contribution in [1.82, 2.24) is 10.3 Å². The van der Waals surface area contributed by atoms with Gasteiger partial charge in [0.2, 0.25) is 0 Å². The van der Waals surface area contributed by atoms with Gasteiger partial charge in [0.25, 0.3) is 0 Å². The number of aromatic carboxylic acids is 1. The number of aromatic nitrogens is 1. The maximum absolute atomic E-state index is 11.5. The Morgan fingerprint density at radius 1 is 1.11 bits per heavy atom. The number of nitrogens with zero attached hydrogens (tertiary/aromatic N) is 2. The van der Waals surface area contributed by atoms with Crippen molar-refractivity contribution in [2.24, 2.45) is 0 Å². The number of carbonyl (C=O) groups is 1. The van der Waals surface area contributed by atoms with Crippen molar-refractivity contribution in [2.45, 2.75) is 51.5 Å². The molecule has 6 nitrogen and oxygen atoms in total. The van der Waals surface area contributed by atoms with E-state index in [1.165, 1.54) is 66.0 Å². The Morgan fingerprint density at radius 2 is 1.91 bits per heavy atom. The smallest absolute Gasteiger partial charge is 0.337 e. The summed E-state index contributed by atoms with van der Waals surface area (Å²) in [6, 6.07) is 17.2. The third-order valence-corrected chi connectivity index (χ3v) is 6.87. The third kappa shape index (κ3) is 6.20. The molecule has 4 rings (SSSR count). The summed E-state index contributed by atoms with van der Waals surface area (Å²) in [5, 5.41) is 16.3.